The molecule has 1 saturated carbocycles. The lowest BCUT2D eigenvalue weighted by molar-refractivity contribution is -0.130. The van der Waals surface area contributed by atoms with E-state index in [1.165, 1.54) is 0 Å². The Hall–Kier alpha value is -0.620. The average molecular weight is 262 g/mol. The van der Waals surface area contributed by atoms with Crippen LogP contribution in [0.2, 0.25) is 0 Å². The van der Waals surface area contributed by atoms with E-state index in [2.05, 4.69) is 4.72 Å². The van der Waals surface area contributed by atoms with E-state index in [1.54, 1.807) is 6.92 Å². The van der Waals surface area contributed by atoms with Gasteiger partial charge in [0, 0.05) is 6.54 Å². The van der Waals surface area contributed by atoms with Crippen LogP contribution in [-0.2, 0) is 14.8 Å². The molecule has 3 N–H and O–H groups in total. The number of carbonyl (C=O) groups is 1. The van der Waals surface area contributed by atoms with Crippen LogP contribution in [0.1, 0.15) is 45.4 Å². The molecule has 0 saturated heterocycles. The van der Waals surface area contributed by atoms with Gasteiger partial charge in [0.25, 0.3) is 0 Å². The van der Waals surface area contributed by atoms with Crippen molar-refractivity contribution in [1.82, 2.24) is 4.72 Å². The van der Waals surface area contributed by atoms with Crippen molar-refractivity contribution in [3.05, 3.63) is 0 Å². The third-order valence-electron chi connectivity index (χ3n) is 3.40. The van der Waals surface area contributed by atoms with E-state index in [9.17, 15) is 13.2 Å². The number of hydrogen-bond acceptors (Lipinski definition) is 4. The van der Waals surface area contributed by atoms with E-state index in [4.69, 9.17) is 5.73 Å². The standard InChI is InChI=1S/C11H22N2O3S/c1-2-8-17(15,16)13-10(14)11(9-12)6-4-3-5-7-11/h2-9,12H2,1H3,(H,13,14). The quantitative estimate of drug-likeness (QED) is 0.765. The molecule has 17 heavy (non-hydrogen) atoms. The predicted molar refractivity (Wildman–Crippen MR) is 66.8 cm³/mol. The van der Waals surface area contributed by atoms with Crippen LogP contribution >= 0.6 is 0 Å². The summed E-state index contributed by atoms with van der Waals surface area (Å²) in [5.74, 6) is -0.424. The molecule has 1 fully saturated rings. The molecule has 1 rings (SSSR count). The van der Waals surface area contributed by atoms with Crippen molar-refractivity contribution in [2.45, 2.75) is 45.4 Å². The Morgan fingerprint density at radius 3 is 2.35 bits per heavy atom. The zero-order chi connectivity index (χ0) is 12.9. The molecule has 6 heteroatoms. The average Bonchev–Trinajstić information content (AvgIpc) is 2.29. The molecule has 0 aromatic rings. The Bertz CT molecular complexity index is 359. The van der Waals surface area contributed by atoms with Gasteiger partial charge in [0.15, 0.2) is 0 Å². The van der Waals surface area contributed by atoms with Crippen LogP contribution in [0.3, 0.4) is 0 Å². The lowest BCUT2D eigenvalue weighted by atomic mass is 9.73. The van der Waals surface area contributed by atoms with Gasteiger partial charge >= 0.3 is 0 Å². The summed E-state index contributed by atoms with van der Waals surface area (Å²) in [4.78, 5) is 12.1. The second-order valence-electron chi connectivity index (χ2n) is 4.80. The highest BCUT2D eigenvalue weighted by atomic mass is 32.2. The number of sulfonamides is 1. The molecule has 1 aliphatic carbocycles. The molecule has 0 bridgehead atoms. The van der Waals surface area contributed by atoms with Crippen molar-refractivity contribution >= 4 is 15.9 Å². The smallest absolute Gasteiger partial charge is 0.240 e. The first kappa shape index (κ1) is 14.4. The van der Waals surface area contributed by atoms with Crippen LogP contribution in [0.5, 0.6) is 0 Å². The topological polar surface area (TPSA) is 89.3 Å². The molecule has 5 nitrogen and oxygen atoms in total. The highest BCUT2D eigenvalue weighted by Gasteiger charge is 2.39. The van der Waals surface area contributed by atoms with Crippen molar-refractivity contribution in [1.29, 1.82) is 0 Å². The summed E-state index contributed by atoms with van der Waals surface area (Å²) in [5, 5.41) is 0. The van der Waals surface area contributed by atoms with Crippen molar-refractivity contribution < 1.29 is 13.2 Å². The summed E-state index contributed by atoms with van der Waals surface area (Å²) in [6.45, 7) is 1.99. The second kappa shape index (κ2) is 5.82. The number of nitrogens with two attached hydrogens (primary N) is 1. The van der Waals surface area contributed by atoms with Crippen LogP contribution in [0.25, 0.3) is 0 Å². The van der Waals surface area contributed by atoms with Gasteiger partial charge in [0.1, 0.15) is 0 Å². The molecule has 0 heterocycles. The maximum absolute atomic E-state index is 12.1. The van der Waals surface area contributed by atoms with Gasteiger partial charge in [-0.2, -0.15) is 0 Å². The first-order valence-electron chi connectivity index (χ1n) is 6.21. The van der Waals surface area contributed by atoms with Crippen LogP contribution in [0, 0.1) is 5.41 Å². The van der Waals surface area contributed by atoms with E-state index in [0.717, 1.165) is 19.3 Å². The molecule has 0 aliphatic heterocycles. The maximum Gasteiger partial charge on any atom is 0.240 e. The third kappa shape index (κ3) is 3.67. The largest absolute Gasteiger partial charge is 0.329 e. The summed E-state index contributed by atoms with van der Waals surface area (Å²) in [6, 6.07) is 0. The molecular formula is C11H22N2O3S. The summed E-state index contributed by atoms with van der Waals surface area (Å²) in [6.07, 6.45) is 4.86. The minimum atomic E-state index is -3.48. The molecule has 1 amide bonds. The molecule has 0 aromatic heterocycles. The van der Waals surface area contributed by atoms with Crippen LogP contribution in [0.4, 0.5) is 0 Å². The fraction of sp³-hybridized carbons (Fsp3) is 0.909. The van der Waals surface area contributed by atoms with Crippen molar-refractivity contribution in [2.75, 3.05) is 12.3 Å². The number of carbonyl (C=O) groups excluding carboxylic acids is 1. The van der Waals surface area contributed by atoms with Crippen LogP contribution in [0.15, 0.2) is 0 Å². The SMILES string of the molecule is CCCS(=O)(=O)NC(=O)C1(CN)CCCCC1. The normalized spacial score (nSPS) is 19.9. The zero-order valence-electron chi connectivity index (χ0n) is 10.4. The highest BCUT2D eigenvalue weighted by molar-refractivity contribution is 7.90. The second-order valence-corrected chi connectivity index (χ2v) is 6.64. The minimum absolute atomic E-state index is 0.0145. The Balaban J connectivity index is 2.73. The van der Waals surface area contributed by atoms with E-state index in [0.29, 0.717) is 19.3 Å². The molecule has 100 valence electrons. The lowest BCUT2D eigenvalue weighted by Crippen LogP contribution is -2.49. The van der Waals surface area contributed by atoms with Gasteiger partial charge < -0.3 is 5.73 Å². The first-order valence-corrected chi connectivity index (χ1v) is 7.86. The van der Waals surface area contributed by atoms with Gasteiger partial charge in [-0.15, -0.1) is 0 Å². The fourth-order valence-corrected chi connectivity index (χ4v) is 3.46. The van der Waals surface area contributed by atoms with Gasteiger partial charge in [-0.1, -0.05) is 26.2 Å². The minimum Gasteiger partial charge on any atom is -0.329 e. The zero-order valence-corrected chi connectivity index (χ0v) is 11.2. The van der Waals surface area contributed by atoms with E-state index >= 15 is 0 Å². The van der Waals surface area contributed by atoms with Gasteiger partial charge in [-0.05, 0) is 19.3 Å². The predicted octanol–water partition coefficient (Wildman–Crippen LogP) is 0.752. The van der Waals surface area contributed by atoms with Gasteiger partial charge in [-0.3, -0.25) is 9.52 Å². The van der Waals surface area contributed by atoms with Crippen molar-refractivity contribution in [3.8, 4) is 0 Å². The van der Waals surface area contributed by atoms with Crippen LogP contribution in [-0.4, -0.2) is 26.6 Å². The maximum atomic E-state index is 12.1. The Labute approximate surface area is 103 Å². The monoisotopic (exact) mass is 262 g/mol. The molecule has 0 aromatic carbocycles. The third-order valence-corrected chi connectivity index (χ3v) is 4.85. The van der Waals surface area contributed by atoms with Gasteiger partial charge in [0.05, 0.1) is 11.2 Å². The number of rotatable bonds is 5. The number of amides is 1. The summed E-state index contributed by atoms with van der Waals surface area (Å²) in [5.41, 5.74) is 5.01. The Morgan fingerprint density at radius 1 is 1.29 bits per heavy atom. The number of nitrogens with one attached hydrogen (secondary N) is 1. The van der Waals surface area contributed by atoms with E-state index < -0.39 is 21.3 Å². The Morgan fingerprint density at radius 2 is 1.88 bits per heavy atom. The molecule has 0 spiro atoms. The van der Waals surface area contributed by atoms with Gasteiger partial charge in [0.2, 0.25) is 15.9 Å². The van der Waals surface area contributed by atoms with E-state index in [1.807, 2.05) is 0 Å². The highest BCUT2D eigenvalue weighted by Crippen LogP contribution is 2.35. The molecular weight excluding hydrogens is 240 g/mol. The summed E-state index contributed by atoms with van der Waals surface area (Å²) in [7, 11) is -3.48. The van der Waals surface area contributed by atoms with Crippen molar-refractivity contribution in [2.24, 2.45) is 11.1 Å². The number of hydrogen-bond donors (Lipinski definition) is 2. The van der Waals surface area contributed by atoms with Crippen LogP contribution < -0.4 is 10.5 Å². The summed E-state index contributed by atoms with van der Waals surface area (Å²) >= 11 is 0. The molecule has 0 radical (unpaired) electrons. The van der Waals surface area contributed by atoms with Crippen molar-refractivity contribution in [3.63, 3.8) is 0 Å². The fourth-order valence-electron chi connectivity index (χ4n) is 2.32. The van der Waals surface area contributed by atoms with Gasteiger partial charge in [-0.25, -0.2) is 8.42 Å². The molecule has 0 atom stereocenters. The lowest BCUT2D eigenvalue weighted by Gasteiger charge is -2.34. The Kier molecular flexibility index (Phi) is 4.94. The molecule has 0 unspecified atom stereocenters. The first-order chi connectivity index (χ1) is 7.96. The summed E-state index contributed by atoms with van der Waals surface area (Å²) < 4.78 is 25.3. The molecule has 1 aliphatic rings. The van der Waals surface area contributed by atoms with E-state index in [-0.39, 0.29) is 12.3 Å².